The van der Waals surface area contributed by atoms with Gasteiger partial charge in [0.15, 0.2) is 0 Å². The number of hydrogen-bond donors (Lipinski definition) is 2. The number of aromatic hydroxyl groups is 1. The average Bonchev–Trinajstić information content (AvgIpc) is 2.47. The molecule has 21 heavy (non-hydrogen) atoms. The van der Waals surface area contributed by atoms with Gasteiger partial charge in [0.25, 0.3) is 0 Å². The minimum Gasteiger partial charge on any atom is -0.508 e. The molecular weight excluding hydrogens is 260 g/mol. The first-order valence-corrected chi connectivity index (χ1v) is 7.57. The molecule has 0 aliphatic carbocycles. The van der Waals surface area contributed by atoms with Gasteiger partial charge in [0.1, 0.15) is 5.75 Å². The van der Waals surface area contributed by atoms with Crippen LogP contribution in [0.15, 0.2) is 36.4 Å². The zero-order valence-electron chi connectivity index (χ0n) is 12.7. The standard InChI is InChI=1S/C18H22N2O/c1-3-19-17-10-13(2)4-7-18(17)20-9-8-14-11-16(21)6-5-15(14)12-20/h4-7,10-11,19,21H,3,8-9,12H2,1-2H3. The fourth-order valence-electron chi connectivity index (χ4n) is 3.00. The van der Waals surface area contributed by atoms with E-state index in [1.165, 1.54) is 28.1 Å². The van der Waals surface area contributed by atoms with Gasteiger partial charge in [-0.15, -0.1) is 0 Å². The predicted octanol–water partition coefficient (Wildman–Crippen LogP) is 3.70. The van der Waals surface area contributed by atoms with Crippen molar-refractivity contribution >= 4 is 11.4 Å². The molecule has 3 heteroatoms. The van der Waals surface area contributed by atoms with Crippen molar-refractivity contribution in [3.63, 3.8) is 0 Å². The minimum atomic E-state index is 0.367. The lowest BCUT2D eigenvalue weighted by Gasteiger charge is -2.32. The summed E-state index contributed by atoms with van der Waals surface area (Å²) < 4.78 is 0. The molecule has 0 amide bonds. The van der Waals surface area contributed by atoms with Gasteiger partial charge in [0.2, 0.25) is 0 Å². The van der Waals surface area contributed by atoms with E-state index in [9.17, 15) is 5.11 Å². The quantitative estimate of drug-likeness (QED) is 0.901. The highest BCUT2D eigenvalue weighted by atomic mass is 16.3. The highest BCUT2D eigenvalue weighted by molar-refractivity contribution is 5.71. The zero-order chi connectivity index (χ0) is 14.8. The van der Waals surface area contributed by atoms with Crippen LogP contribution in [0.1, 0.15) is 23.6 Å². The van der Waals surface area contributed by atoms with Gasteiger partial charge in [0.05, 0.1) is 11.4 Å². The van der Waals surface area contributed by atoms with Crippen LogP contribution >= 0.6 is 0 Å². The maximum atomic E-state index is 9.59. The van der Waals surface area contributed by atoms with E-state index in [0.29, 0.717) is 5.75 Å². The zero-order valence-corrected chi connectivity index (χ0v) is 12.7. The lowest BCUT2D eigenvalue weighted by molar-refractivity contribution is 0.473. The summed E-state index contributed by atoms with van der Waals surface area (Å²) in [7, 11) is 0. The number of rotatable bonds is 3. The molecule has 1 aliphatic rings. The van der Waals surface area contributed by atoms with E-state index in [1.54, 1.807) is 6.07 Å². The first kappa shape index (κ1) is 13.8. The van der Waals surface area contributed by atoms with Crippen molar-refractivity contribution in [2.75, 3.05) is 23.3 Å². The highest BCUT2D eigenvalue weighted by Crippen LogP contribution is 2.32. The molecule has 0 spiro atoms. The summed E-state index contributed by atoms with van der Waals surface area (Å²) in [6.45, 7) is 7.06. The summed E-state index contributed by atoms with van der Waals surface area (Å²) in [5.41, 5.74) is 6.32. The lowest BCUT2D eigenvalue weighted by Crippen LogP contribution is -2.30. The molecule has 110 valence electrons. The third-order valence-electron chi connectivity index (χ3n) is 4.06. The average molecular weight is 282 g/mol. The molecule has 0 saturated heterocycles. The molecule has 1 heterocycles. The van der Waals surface area contributed by atoms with Gasteiger partial charge in [-0.25, -0.2) is 0 Å². The third kappa shape index (κ3) is 2.82. The molecule has 0 saturated carbocycles. The van der Waals surface area contributed by atoms with Crippen LogP contribution < -0.4 is 10.2 Å². The number of aryl methyl sites for hydroxylation is 1. The van der Waals surface area contributed by atoms with Crippen LogP contribution in [0.4, 0.5) is 11.4 Å². The van der Waals surface area contributed by atoms with Crippen LogP contribution in [0.5, 0.6) is 5.75 Å². The van der Waals surface area contributed by atoms with Gasteiger partial charge in [-0.2, -0.15) is 0 Å². The summed E-state index contributed by atoms with van der Waals surface area (Å²) in [6.07, 6.45) is 0.975. The van der Waals surface area contributed by atoms with Crippen LogP contribution in [0, 0.1) is 6.92 Å². The molecule has 2 aromatic carbocycles. The molecule has 0 unspecified atom stereocenters. The first-order valence-electron chi connectivity index (χ1n) is 7.57. The maximum Gasteiger partial charge on any atom is 0.115 e. The predicted molar refractivity (Wildman–Crippen MR) is 88.2 cm³/mol. The lowest BCUT2D eigenvalue weighted by atomic mass is 9.98. The van der Waals surface area contributed by atoms with Crippen LogP contribution in [0.3, 0.4) is 0 Å². The fraction of sp³-hybridized carbons (Fsp3) is 0.333. The van der Waals surface area contributed by atoms with Crippen molar-refractivity contribution in [1.29, 1.82) is 0 Å². The van der Waals surface area contributed by atoms with Gasteiger partial charge >= 0.3 is 0 Å². The highest BCUT2D eigenvalue weighted by Gasteiger charge is 2.19. The molecule has 1 aliphatic heterocycles. The molecule has 3 nitrogen and oxygen atoms in total. The topological polar surface area (TPSA) is 35.5 Å². The van der Waals surface area contributed by atoms with Gasteiger partial charge in [0, 0.05) is 19.6 Å². The smallest absolute Gasteiger partial charge is 0.115 e. The second kappa shape index (κ2) is 5.68. The van der Waals surface area contributed by atoms with E-state index in [2.05, 4.69) is 42.3 Å². The number of hydrogen-bond acceptors (Lipinski definition) is 3. The number of nitrogens with one attached hydrogen (secondary N) is 1. The van der Waals surface area contributed by atoms with Crippen LogP contribution in [-0.4, -0.2) is 18.2 Å². The summed E-state index contributed by atoms with van der Waals surface area (Å²) in [5, 5.41) is 13.1. The summed E-state index contributed by atoms with van der Waals surface area (Å²) in [4.78, 5) is 2.41. The van der Waals surface area contributed by atoms with Crippen molar-refractivity contribution in [1.82, 2.24) is 0 Å². The second-order valence-electron chi connectivity index (χ2n) is 5.68. The Hall–Kier alpha value is -2.16. The van der Waals surface area contributed by atoms with E-state index < -0.39 is 0 Å². The molecule has 0 radical (unpaired) electrons. The van der Waals surface area contributed by atoms with E-state index in [-0.39, 0.29) is 0 Å². The Kier molecular flexibility index (Phi) is 3.74. The van der Waals surface area contributed by atoms with Crippen LogP contribution in [0.2, 0.25) is 0 Å². The number of phenolic OH excluding ortho intramolecular Hbond substituents is 1. The minimum absolute atomic E-state index is 0.367. The molecular formula is C18H22N2O. The number of nitrogens with zero attached hydrogens (tertiary/aromatic N) is 1. The van der Waals surface area contributed by atoms with E-state index in [1.807, 2.05) is 12.1 Å². The molecule has 3 rings (SSSR count). The number of benzene rings is 2. The summed E-state index contributed by atoms with van der Waals surface area (Å²) in [5.74, 6) is 0.367. The molecule has 2 aromatic rings. The first-order chi connectivity index (χ1) is 10.2. The fourth-order valence-corrected chi connectivity index (χ4v) is 3.00. The molecule has 0 fully saturated rings. The number of fused-ring (bicyclic) bond motifs is 1. The van der Waals surface area contributed by atoms with Crippen molar-refractivity contribution in [2.24, 2.45) is 0 Å². The maximum absolute atomic E-state index is 9.59. The second-order valence-corrected chi connectivity index (χ2v) is 5.68. The largest absolute Gasteiger partial charge is 0.508 e. The Morgan fingerprint density at radius 3 is 2.81 bits per heavy atom. The normalized spacial score (nSPS) is 13.9. The Morgan fingerprint density at radius 1 is 1.14 bits per heavy atom. The van der Waals surface area contributed by atoms with E-state index >= 15 is 0 Å². The Morgan fingerprint density at radius 2 is 2.00 bits per heavy atom. The van der Waals surface area contributed by atoms with Crippen molar-refractivity contribution in [3.8, 4) is 5.75 Å². The summed E-state index contributed by atoms with van der Waals surface area (Å²) in [6, 6.07) is 12.3. The molecule has 0 aromatic heterocycles. The van der Waals surface area contributed by atoms with Crippen LogP contribution in [0.25, 0.3) is 0 Å². The Balaban J connectivity index is 1.90. The monoisotopic (exact) mass is 282 g/mol. The van der Waals surface area contributed by atoms with E-state index in [4.69, 9.17) is 0 Å². The third-order valence-corrected chi connectivity index (χ3v) is 4.06. The SMILES string of the molecule is CCNc1cc(C)ccc1N1CCc2cc(O)ccc2C1. The Bertz CT molecular complexity index is 652. The number of anilines is 2. The number of phenols is 1. The van der Waals surface area contributed by atoms with Gasteiger partial charge in [-0.05, 0) is 61.2 Å². The van der Waals surface area contributed by atoms with Gasteiger partial charge in [-0.1, -0.05) is 12.1 Å². The summed E-state index contributed by atoms with van der Waals surface area (Å²) >= 11 is 0. The van der Waals surface area contributed by atoms with Crippen LogP contribution in [-0.2, 0) is 13.0 Å². The molecule has 2 N–H and O–H groups in total. The van der Waals surface area contributed by atoms with Crippen molar-refractivity contribution in [2.45, 2.75) is 26.8 Å². The van der Waals surface area contributed by atoms with E-state index in [0.717, 1.165) is 26.1 Å². The van der Waals surface area contributed by atoms with Gasteiger partial charge in [-0.3, -0.25) is 0 Å². The van der Waals surface area contributed by atoms with Gasteiger partial charge < -0.3 is 15.3 Å². The molecule has 0 bridgehead atoms. The van der Waals surface area contributed by atoms with Crippen molar-refractivity contribution in [3.05, 3.63) is 53.1 Å². The molecule has 0 atom stereocenters. The Labute approximate surface area is 126 Å². The van der Waals surface area contributed by atoms with Crippen molar-refractivity contribution < 1.29 is 5.11 Å².